The first-order valence-electron chi connectivity index (χ1n) is 9.75. The molecule has 1 aromatic carbocycles. The zero-order chi connectivity index (χ0) is 19.8. The molecule has 0 bridgehead atoms. The van der Waals surface area contributed by atoms with Crippen LogP contribution in [-0.4, -0.2) is 56.6 Å². The molecular formula is C21H22N8. The number of nitriles is 1. The van der Waals surface area contributed by atoms with Gasteiger partial charge in [-0.05, 0) is 44.2 Å². The van der Waals surface area contributed by atoms with Crippen LogP contribution in [0.1, 0.15) is 18.5 Å². The van der Waals surface area contributed by atoms with E-state index in [1.807, 2.05) is 16.8 Å². The lowest BCUT2D eigenvalue weighted by Gasteiger charge is -2.52. The van der Waals surface area contributed by atoms with Gasteiger partial charge in [0.05, 0.1) is 24.1 Å². The van der Waals surface area contributed by atoms with Crippen LogP contribution in [0.5, 0.6) is 0 Å². The molecule has 8 nitrogen and oxygen atoms in total. The summed E-state index contributed by atoms with van der Waals surface area (Å²) < 4.78 is 1.97. The fraction of sp³-hybridized carbons (Fsp3) is 0.333. The highest BCUT2D eigenvalue weighted by molar-refractivity contribution is 5.57. The molecule has 29 heavy (non-hydrogen) atoms. The zero-order valence-corrected chi connectivity index (χ0v) is 16.3. The Bertz CT molecular complexity index is 1050. The van der Waals surface area contributed by atoms with E-state index in [0.29, 0.717) is 17.2 Å². The number of anilines is 3. The van der Waals surface area contributed by atoms with E-state index >= 15 is 0 Å². The second-order valence-corrected chi connectivity index (χ2v) is 7.82. The van der Waals surface area contributed by atoms with Crippen molar-refractivity contribution in [1.82, 2.24) is 24.4 Å². The molecule has 2 aromatic heterocycles. The smallest absolute Gasteiger partial charge is 0.158 e. The Kier molecular flexibility index (Phi) is 4.18. The van der Waals surface area contributed by atoms with Gasteiger partial charge in [0.25, 0.3) is 0 Å². The Balaban J connectivity index is 1.29. The number of likely N-dealkylation sites (tertiary alicyclic amines) is 1. The van der Waals surface area contributed by atoms with E-state index in [1.165, 1.54) is 37.5 Å². The van der Waals surface area contributed by atoms with Gasteiger partial charge in [0.2, 0.25) is 0 Å². The molecule has 2 aliphatic heterocycles. The van der Waals surface area contributed by atoms with Crippen molar-refractivity contribution in [3.63, 3.8) is 0 Å². The van der Waals surface area contributed by atoms with Crippen molar-refractivity contribution in [3.05, 3.63) is 54.9 Å². The molecule has 1 N–H and O–H groups in total. The number of hydrogen-bond acceptors (Lipinski definition) is 7. The Morgan fingerprint density at radius 3 is 2.41 bits per heavy atom. The minimum absolute atomic E-state index is 0.286. The Morgan fingerprint density at radius 2 is 1.79 bits per heavy atom. The van der Waals surface area contributed by atoms with Crippen LogP contribution >= 0.6 is 0 Å². The zero-order valence-electron chi connectivity index (χ0n) is 16.3. The van der Waals surface area contributed by atoms with Crippen LogP contribution in [0.15, 0.2) is 49.2 Å². The summed E-state index contributed by atoms with van der Waals surface area (Å²) in [6.07, 6.45) is 9.17. The van der Waals surface area contributed by atoms with Crippen molar-refractivity contribution in [3.8, 4) is 11.8 Å². The van der Waals surface area contributed by atoms with Crippen LogP contribution in [0.2, 0.25) is 0 Å². The van der Waals surface area contributed by atoms with Gasteiger partial charge in [-0.1, -0.05) is 0 Å². The number of nitrogens with zero attached hydrogens (tertiary/aromatic N) is 7. The first-order chi connectivity index (χ1) is 14.1. The number of nitrogens with one attached hydrogen (secondary N) is 1. The monoisotopic (exact) mass is 386 g/mol. The third-order valence-electron chi connectivity index (χ3n) is 5.96. The number of hydrogen-bond donors (Lipinski definition) is 1. The highest BCUT2D eigenvalue weighted by Gasteiger charge is 2.48. The van der Waals surface area contributed by atoms with E-state index in [-0.39, 0.29) is 5.69 Å². The average Bonchev–Trinajstić information content (AvgIpc) is 3.36. The molecular weight excluding hydrogens is 364 g/mol. The van der Waals surface area contributed by atoms with Crippen molar-refractivity contribution in [2.75, 3.05) is 36.9 Å². The van der Waals surface area contributed by atoms with Crippen LogP contribution in [0.3, 0.4) is 0 Å². The van der Waals surface area contributed by atoms with Crippen molar-refractivity contribution in [1.29, 1.82) is 5.26 Å². The Labute approximate surface area is 169 Å². The predicted molar refractivity (Wildman–Crippen MR) is 110 cm³/mol. The first-order valence-corrected chi connectivity index (χ1v) is 9.75. The van der Waals surface area contributed by atoms with E-state index in [0.717, 1.165) is 18.8 Å². The van der Waals surface area contributed by atoms with E-state index in [4.69, 9.17) is 5.26 Å². The van der Waals surface area contributed by atoms with E-state index in [9.17, 15) is 0 Å². The van der Waals surface area contributed by atoms with Crippen molar-refractivity contribution < 1.29 is 0 Å². The Morgan fingerprint density at radius 1 is 1.00 bits per heavy atom. The van der Waals surface area contributed by atoms with Crippen molar-refractivity contribution in [2.45, 2.75) is 18.4 Å². The van der Waals surface area contributed by atoms with Gasteiger partial charge in [-0.2, -0.15) is 5.26 Å². The van der Waals surface area contributed by atoms with Gasteiger partial charge in [-0.25, -0.2) is 15.0 Å². The van der Waals surface area contributed by atoms with Gasteiger partial charge >= 0.3 is 0 Å². The van der Waals surface area contributed by atoms with Crippen LogP contribution in [0.4, 0.5) is 17.3 Å². The molecule has 5 rings (SSSR count). The average molecular weight is 386 g/mol. The second-order valence-electron chi connectivity index (χ2n) is 7.82. The third kappa shape index (κ3) is 3.19. The van der Waals surface area contributed by atoms with Crippen LogP contribution in [0, 0.1) is 11.3 Å². The molecule has 0 aliphatic carbocycles. The summed E-state index contributed by atoms with van der Waals surface area (Å²) in [5.74, 6) is 1.22. The molecule has 3 aromatic rings. The SMILES string of the molecule is CN1CCC2(CCN2c2ccc(-n3cnc(Nc4cnc(C#N)cn4)c3)cc2)C1. The summed E-state index contributed by atoms with van der Waals surface area (Å²) in [5, 5.41) is 11.9. The van der Waals surface area contributed by atoms with Gasteiger partial charge in [-0.15, -0.1) is 0 Å². The maximum Gasteiger partial charge on any atom is 0.158 e. The Hall–Kier alpha value is -3.44. The number of imidazole rings is 1. The largest absolute Gasteiger partial charge is 0.364 e. The third-order valence-corrected chi connectivity index (χ3v) is 5.96. The lowest BCUT2D eigenvalue weighted by molar-refractivity contribution is 0.270. The molecule has 0 saturated carbocycles. The molecule has 1 atom stereocenters. The molecule has 0 amide bonds. The predicted octanol–water partition coefficient (Wildman–Crippen LogP) is 2.56. The molecule has 1 unspecified atom stereocenters. The number of rotatable bonds is 4. The fourth-order valence-electron chi connectivity index (χ4n) is 4.34. The minimum atomic E-state index is 0.286. The van der Waals surface area contributed by atoms with Crippen molar-refractivity contribution >= 4 is 17.3 Å². The van der Waals surface area contributed by atoms with Crippen LogP contribution in [0.25, 0.3) is 5.69 Å². The van der Waals surface area contributed by atoms with E-state index in [2.05, 4.69) is 61.4 Å². The highest BCUT2D eigenvalue weighted by Crippen LogP contribution is 2.42. The maximum atomic E-state index is 8.80. The van der Waals surface area contributed by atoms with Gasteiger partial charge in [0, 0.05) is 31.0 Å². The lowest BCUT2D eigenvalue weighted by Crippen LogP contribution is -2.61. The van der Waals surface area contributed by atoms with Crippen LogP contribution in [-0.2, 0) is 0 Å². The van der Waals surface area contributed by atoms with Gasteiger partial charge in [0.15, 0.2) is 5.69 Å². The number of benzene rings is 1. The normalized spacial score (nSPS) is 21.2. The molecule has 8 heteroatoms. The first kappa shape index (κ1) is 17.6. The van der Waals surface area contributed by atoms with Crippen LogP contribution < -0.4 is 10.2 Å². The summed E-state index contributed by atoms with van der Waals surface area (Å²) >= 11 is 0. The van der Waals surface area contributed by atoms with E-state index in [1.54, 1.807) is 6.33 Å². The molecule has 4 heterocycles. The molecule has 2 saturated heterocycles. The van der Waals surface area contributed by atoms with E-state index < -0.39 is 0 Å². The summed E-state index contributed by atoms with van der Waals surface area (Å²) in [6, 6.07) is 10.6. The fourth-order valence-corrected chi connectivity index (χ4v) is 4.34. The molecule has 2 aliphatic rings. The summed E-state index contributed by atoms with van der Waals surface area (Å²) in [4.78, 5) is 17.5. The topological polar surface area (TPSA) is 85.9 Å². The minimum Gasteiger partial charge on any atom is -0.364 e. The highest BCUT2D eigenvalue weighted by atomic mass is 15.3. The summed E-state index contributed by atoms with van der Waals surface area (Å²) in [5.41, 5.74) is 2.97. The second kappa shape index (κ2) is 6.87. The summed E-state index contributed by atoms with van der Waals surface area (Å²) in [7, 11) is 2.21. The quantitative estimate of drug-likeness (QED) is 0.737. The van der Waals surface area contributed by atoms with Gasteiger partial charge < -0.3 is 19.7 Å². The molecule has 146 valence electrons. The lowest BCUT2D eigenvalue weighted by atomic mass is 9.83. The van der Waals surface area contributed by atoms with Crippen molar-refractivity contribution in [2.24, 2.45) is 0 Å². The summed E-state index contributed by atoms with van der Waals surface area (Å²) in [6.45, 7) is 3.48. The number of likely N-dealkylation sites (N-methyl/N-ethyl adjacent to an activating group) is 1. The maximum absolute atomic E-state index is 8.80. The van der Waals surface area contributed by atoms with Gasteiger partial charge in [0.1, 0.15) is 24.0 Å². The molecule has 0 radical (unpaired) electrons. The van der Waals surface area contributed by atoms with Gasteiger partial charge in [-0.3, -0.25) is 0 Å². The standard InChI is InChI=1S/C21H22N8/c1-27-8-6-21(14-27)7-9-29(21)18-4-2-17(3-5-18)28-13-20(25-15-28)26-19-12-23-16(10-22)11-24-19/h2-5,11-13,15H,6-9,14H2,1H3,(H,24,26). The molecule has 1 spiro atoms. The number of aromatic nitrogens is 4. The molecule has 2 fully saturated rings.